The van der Waals surface area contributed by atoms with Crippen LogP contribution in [0.5, 0.6) is 0 Å². The molecule has 1 saturated carbocycles. The predicted molar refractivity (Wildman–Crippen MR) is 81.1 cm³/mol. The summed E-state index contributed by atoms with van der Waals surface area (Å²) in [5.74, 6) is 0.602. The SMILES string of the molecule is N#C[C@H]1C[C@H](Sc2nc3n(n2)[C@H](c2ccccc2)C[C@@H]3F)C1. The van der Waals surface area contributed by atoms with Crippen molar-refractivity contribution in [3.63, 3.8) is 0 Å². The largest absolute Gasteiger partial charge is 0.239 e. The van der Waals surface area contributed by atoms with Gasteiger partial charge in [-0.05, 0) is 18.4 Å². The normalized spacial score (nSPS) is 29.6. The Hall–Kier alpha value is -1.87. The number of halogens is 1. The Morgan fingerprint density at radius 1 is 1.23 bits per heavy atom. The second-order valence-electron chi connectivity index (χ2n) is 5.86. The van der Waals surface area contributed by atoms with E-state index in [1.165, 1.54) is 0 Å². The third-order valence-corrected chi connectivity index (χ3v) is 5.48. The van der Waals surface area contributed by atoms with Crippen molar-refractivity contribution < 1.29 is 4.39 Å². The molecular weight excluding hydrogens is 299 g/mol. The summed E-state index contributed by atoms with van der Waals surface area (Å²) in [6, 6.07) is 12.1. The zero-order valence-electron chi connectivity index (χ0n) is 11.9. The van der Waals surface area contributed by atoms with Crippen LogP contribution in [0.25, 0.3) is 0 Å². The Morgan fingerprint density at radius 2 is 2.00 bits per heavy atom. The van der Waals surface area contributed by atoms with Gasteiger partial charge in [-0.3, -0.25) is 0 Å². The number of thioether (sulfide) groups is 1. The number of aromatic nitrogens is 3. The molecule has 0 N–H and O–H groups in total. The molecule has 0 bridgehead atoms. The molecule has 1 fully saturated rings. The molecule has 1 aliphatic carbocycles. The lowest BCUT2D eigenvalue weighted by Gasteiger charge is -2.28. The van der Waals surface area contributed by atoms with E-state index in [0.717, 1.165) is 18.4 Å². The first-order valence-corrected chi connectivity index (χ1v) is 8.34. The van der Waals surface area contributed by atoms with E-state index in [2.05, 4.69) is 16.2 Å². The number of fused-ring (bicyclic) bond motifs is 1. The van der Waals surface area contributed by atoms with Crippen LogP contribution in [-0.4, -0.2) is 20.0 Å². The van der Waals surface area contributed by atoms with E-state index in [4.69, 9.17) is 5.26 Å². The highest BCUT2D eigenvalue weighted by Gasteiger charge is 2.37. The maximum Gasteiger partial charge on any atom is 0.209 e. The maximum absolute atomic E-state index is 14.2. The molecule has 112 valence electrons. The quantitative estimate of drug-likeness (QED) is 0.867. The Bertz CT molecular complexity index is 717. The number of hydrogen-bond donors (Lipinski definition) is 0. The van der Waals surface area contributed by atoms with E-state index < -0.39 is 6.17 Å². The van der Waals surface area contributed by atoms with E-state index in [9.17, 15) is 4.39 Å². The van der Waals surface area contributed by atoms with Gasteiger partial charge in [0.2, 0.25) is 5.16 Å². The zero-order valence-corrected chi connectivity index (χ0v) is 12.7. The third kappa shape index (κ3) is 2.30. The highest BCUT2D eigenvalue weighted by molar-refractivity contribution is 7.99. The summed E-state index contributed by atoms with van der Waals surface area (Å²) in [7, 11) is 0. The molecule has 4 rings (SSSR count). The number of benzene rings is 1. The Labute approximate surface area is 132 Å². The van der Waals surface area contributed by atoms with E-state index in [1.807, 2.05) is 30.3 Å². The fourth-order valence-electron chi connectivity index (χ4n) is 3.08. The fraction of sp³-hybridized carbons (Fsp3) is 0.438. The number of alkyl halides is 1. The summed E-state index contributed by atoms with van der Waals surface area (Å²) in [6.45, 7) is 0. The summed E-state index contributed by atoms with van der Waals surface area (Å²) >= 11 is 1.57. The van der Waals surface area contributed by atoms with Crippen molar-refractivity contribution in [2.45, 2.75) is 41.9 Å². The van der Waals surface area contributed by atoms with Crippen molar-refractivity contribution >= 4 is 11.8 Å². The van der Waals surface area contributed by atoms with Gasteiger partial charge in [0.05, 0.1) is 12.1 Å². The van der Waals surface area contributed by atoms with Gasteiger partial charge < -0.3 is 0 Å². The van der Waals surface area contributed by atoms with Gasteiger partial charge in [0.15, 0.2) is 12.0 Å². The minimum Gasteiger partial charge on any atom is -0.239 e. The van der Waals surface area contributed by atoms with E-state index in [0.29, 0.717) is 22.7 Å². The second-order valence-corrected chi connectivity index (χ2v) is 7.13. The molecule has 1 aromatic carbocycles. The minimum atomic E-state index is -1.06. The van der Waals surface area contributed by atoms with Gasteiger partial charge in [-0.15, -0.1) is 5.10 Å². The number of hydrogen-bond acceptors (Lipinski definition) is 4. The molecular formula is C16H15FN4S. The number of rotatable bonds is 3. The molecule has 0 saturated heterocycles. The van der Waals surface area contributed by atoms with Crippen molar-refractivity contribution in [2.24, 2.45) is 5.92 Å². The Kier molecular flexibility index (Phi) is 3.38. The van der Waals surface area contributed by atoms with Crippen LogP contribution >= 0.6 is 11.8 Å². The smallest absolute Gasteiger partial charge is 0.209 e. The van der Waals surface area contributed by atoms with Gasteiger partial charge in [0.25, 0.3) is 0 Å². The molecule has 1 aliphatic heterocycles. The second kappa shape index (κ2) is 5.40. The molecule has 2 aliphatic rings. The van der Waals surface area contributed by atoms with Crippen LogP contribution in [0.3, 0.4) is 0 Å². The number of nitrogens with zero attached hydrogens (tertiary/aromatic N) is 4. The van der Waals surface area contributed by atoms with E-state index >= 15 is 0 Å². The Morgan fingerprint density at radius 3 is 2.73 bits per heavy atom. The predicted octanol–water partition coefficient (Wildman–Crippen LogP) is 3.68. The average Bonchev–Trinajstić information content (AvgIpc) is 3.04. The highest BCUT2D eigenvalue weighted by atomic mass is 32.2. The van der Waals surface area contributed by atoms with Crippen LogP contribution in [-0.2, 0) is 0 Å². The first-order chi connectivity index (χ1) is 10.7. The molecule has 0 unspecified atom stereocenters. The van der Waals surface area contributed by atoms with E-state index in [1.54, 1.807) is 16.4 Å². The molecule has 0 radical (unpaired) electrons. The number of nitriles is 1. The molecule has 4 nitrogen and oxygen atoms in total. The fourth-order valence-corrected chi connectivity index (χ4v) is 4.31. The molecule has 2 atom stereocenters. The molecule has 2 aromatic rings. The van der Waals surface area contributed by atoms with Crippen molar-refractivity contribution in [2.75, 3.05) is 0 Å². The summed E-state index contributed by atoms with van der Waals surface area (Å²) in [5, 5.41) is 14.4. The lowest BCUT2D eigenvalue weighted by molar-refractivity contribution is 0.327. The van der Waals surface area contributed by atoms with Gasteiger partial charge >= 0.3 is 0 Å². The van der Waals surface area contributed by atoms with Gasteiger partial charge in [0.1, 0.15) is 0 Å². The van der Waals surface area contributed by atoms with Gasteiger partial charge in [-0.1, -0.05) is 42.1 Å². The van der Waals surface area contributed by atoms with Gasteiger partial charge in [-0.25, -0.2) is 14.1 Å². The third-order valence-electron chi connectivity index (χ3n) is 4.38. The lowest BCUT2D eigenvalue weighted by Crippen LogP contribution is -2.24. The first-order valence-electron chi connectivity index (χ1n) is 7.46. The van der Waals surface area contributed by atoms with E-state index in [-0.39, 0.29) is 12.0 Å². The molecule has 6 heteroatoms. The van der Waals surface area contributed by atoms with Crippen LogP contribution in [0, 0.1) is 17.2 Å². The summed E-state index contributed by atoms with van der Waals surface area (Å²) in [5.41, 5.74) is 1.07. The van der Waals surface area contributed by atoms with Crippen LogP contribution in [0.1, 0.15) is 42.9 Å². The minimum absolute atomic E-state index is 0.0682. The van der Waals surface area contributed by atoms with Gasteiger partial charge in [-0.2, -0.15) is 5.26 Å². The Balaban J connectivity index is 1.55. The molecule has 0 spiro atoms. The molecule has 1 aromatic heterocycles. The van der Waals surface area contributed by atoms with Crippen LogP contribution in [0.2, 0.25) is 0 Å². The lowest BCUT2D eigenvalue weighted by atomic mass is 9.86. The summed E-state index contributed by atoms with van der Waals surface area (Å²) in [6.07, 6.45) is 1.11. The zero-order chi connectivity index (χ0) is 15.1. The molecule has 2 heterocycles. The summed E-state index contributed by atoms with van der Waals surface area (Å²) < 4.78 is 16.0. The summed E-state index contributed by atoms with van der Waals surface area (Å²) in [4.78, 5) is 4.38. The topological polar surface area (TPSA) is 54.5 Å². The van der Waals surface area contributed by atoms with Crippen molar-refractivity contribution in [1.82, 2.24) is 14.8 Å². The van der Waals surface area contributed by atoms with Crippen molar-refractivity contribution in [1.29, 1.82) is 5.26 Å². The van der Waals surface area contributed by atoms with Crippen molar-refractivity contribution in [3.05, 3.63) is 41.7 Å². The van der Waals surface area contributed by atoms with Crippen molar-refractivity contribution in [3.8, 4) is 6.07 Å². The molecule has 22 heavy (non-hydrogen) atoms. The maximum atomic E-state index is 14.2. The molecule has 0 amide bonds. The van der Waals surface area contributed by atoms with Crippen LogP contribution < -0.4 is 0 Å². The van der Waals surface area contributed by atoms with Crippen LogP contribution in [0.4, 0.5) is 4.39 Å². The van der Waals surface area contributed by atoms with Crippen LogP contribution in [0.15, 0.2) is 35.5 Å². The van der Waals surface area contributed by atoms with Gasteiger partial charge in [0, 0.05) is 17.6 Å². The standard InChI is InChI=1S/C16H15FN4S/c17-13-8-14(11-4-2-1-3-5-11)21-15(13)19-16(20-21)22-12-6-10(7-12)9-18/h1-5,10,12-14H,6-8H2/t10-,12-,13-,14-/m0/s1. The first kappa shape index (κ1) is 13.8. The average molecular weight is 314 g/mol. The highest BCUT2D eigenvalue weighted by Crippen LogP contribution is 2.43. The monoisotopic (exact) mass is 314 g/mol.